The van der Waals surface area contributed by atoms with E-state index in [1.807, 2.05) is 48.7 Å². The third kappa shape index (κ3) is 5.36. The van der Waals surface area contributed by atoms with Gasteiger partial charge in [-0.25, -0.2) is 0 Å². The van der Waals surface area contributed by atoms with Crippen LogP contribution in [0.1, 0.15) is 26.4 Å². The highest BCUT2D eigenvalue weighted by molar-refractivity contribution is 7.10. The molecule has 2 amide bonds. The molecule has 1 aromatic carbocycles. The van der Waals surface area contributed by atoms with Gasteiger partial charge in [0.05, 0.1) is 0 Å². The van der Waals surface area contributed by atoms with Crippen molar-refractivity contribution in [2.45, 2.75) is 13.5 Å². The lowest BCUT2D eigenvalue weighted by Gasteiger charge is -2.11. The number of benzene rings is 1. The predicted molar refractivity (Wildman–Crippen MR) is 107 cm³/mol. The molecule has 27 heavy (non-hydrogen) atoms. The maximum absolute atomic E-state index is 12.7. The van der Waals surface area contributed by atoms with Crippen molar-refractivity contribution in [3.63, 3.8) is 0 Å². The first-order chi connectivity index (χ1) is 13.1. The molecule has 0 aliphatic carbocycles. The van der Waals surface area contributed by atoms with Crippen LogP contribution in [-0.2, 0) is 11.3 Å². The van der Waals surface area contributed by atoms with Crippen molar-refractivity contribution in [2.24, 2.45) is 0 Å². The fourth-order valence-electron chi connectivity index (χ4n) is 2.35. The van der Waals surface area contributed by atoms with Crippen LogP contribution >= 0.6 is 11.3 Å². The van der Waals surface area contributed by atoms with Crippen molar-refractivity contribution < 1.29 is 9.59 Å². The van der Waals surface area contributed by atoms with Gasteiger partial charge in [0.25, 0.3) is 11.8 Å². The Labute approximate surface area is 161 Å². The summed E-state index contributed by atoms with van der Waals surface area (Å²) in [6.45, 7) is 2.28. The lowest BCUT2D eigenvalue weighted by Crippen LogP contribution is -2.34. The van der Waals surface area contributed by atoms with Crippen molar-refractivity contribution in [3.8, 4) is 0 Å². The molecule has 3 aromatic rings. The molecule has 2 N–H and O–H groups in total. The fraction of sp³-hybridized carbons (Fsp3) is 0.0952. The Morgan fingerprint density at radius 1 is 1.11 bits per heavy atom. The van der Waals surface area contributed by atoms with Gasteiger partial charge < -0.3 is 10.6 Å². The van der Waals surface area contributed by atoms with Gasteiger partial charge in [-0.05, 0) is 48.2 Å². The molecule has 0 unspecified atom stereocenters. The van der Waals surface area contributed by atoms with Gasteiger partial charge in [0.2, 0.25) is 0 Å². The summed E-state index contributed by atoms with van der Waals surface area (Å²) in [5.74, 6) is -0.679. The first-order valence-corrected chi connectivity index (χ1v) is 9.30. The van der Waals surface area contributed by atoms with E-state index < -0.39 is 0 Å². The van der Waals surface area contributed by atoms with Crippen molar-refractivity contribution in [3.05, 3.63) is 93.6 Å². The Hall–Kier alpha value is -3.25. The fourth-order valence-corrected chi connectivity index (χ4v) is 3.01. The number of hydrogen-bond acceptors (Lipinski definition) is 4. The van der Waals surface area contributed by atoms with Gasteiger partial charge in [0.15, 0.2) is 0 Å². The number of nitrogens with zero attached hydrogens (tertiary/aromatic N) is 1. The molecule has 136 valence electrons. The summed E-state index contributed by atoms with van der Waals surface area (Å²) in [5, 5.41) is 7.46. The van der Waals surface area contributed by atoms with E-state index >= 15 is 0 Å². The number of amides is 2. The molecule has 0 radical (unpaired) electrons. The van der Waals surface area contributed by atoms with Gasteiger partial charge in [0.1, 0.15) is 5.70 Å². The Morgan fingerprint density at radius 3 is 2.59 bits per heavy atom. The molecule has 0 atom stereocenters. The summed E-state index contributed by atoms with van der Waals surface area (Å²) >= 11 is 1.49. The van der Waals surface area contributed by atoms with Gasteiger partial charge in [-0.2, -0.15) is 0 Å². The van der Waals surface area contributed by atoms with Gasteiger partial charge >= 0.3 is 0 Å². The summed E-state index contributed by atoms with van der Waals surface area (Å²) < 4.78 is 0. The Kier molecular flexibility index (Phi) is 6.12. The third-order valence-corrected chi connectivity index (χ3v) is 4.63. The molecule has 0 saturated carbocycles. The number of nitrogens with one attached hydrogen (secondary N) is 2. The van der Waals surface area contributed by atoms with Crippen molar-refractivity contribution in [1.82, 2.24) is 15.6 Å². The molecular formula is C21H19N3O2S. The van der Waals surface area contributed by atoms with Crippen molar-refractivity contribution in [1.29, 1.82) is 0 Å². The summed E-state index contributed by atoms with van der Waals surface area (Å²) in [7, 11) is 0. The quantitative estimate of drug-likeness (QED) is 0.646. The molecule has 0 bridgehead atoms. The Morgan fingerprint density at radius 2 is 1.93 bits per heavy atom. The molecule has 2 heterocycles. The number of pyridine rings is 1. The second-order valence-corrected chi connectivity index (χ2v) is 6.92. The van der Waals surface area contributed by atoms with Gasteiger partial charge in [0, 0.05) is 29.4 Å². The van der Waals surface area contributed by atoms with Crippen LogP contribution in [0.2, 0.25) is 0 Å². The van der Waals surface area contributed by atoms with Crippen LogP contribution in [0.3, 0.4) is 0 Å². The smallest absolute Gasteiger partial charge is 0.268 e. The highest BCUT2D eigenvalue weighted by Crippen LogP contribution is 2.13. The van der Waals surface area contributed by atoms with Crippen LogP contribution in [0.25, 0.3) is 6.08 Å². The molecule has 0 fully saturated rings. The van der Waals surface area contributed by atoms with Crippen molar-refractivity contribution in [2.75, 3.05) is 0 Å². The van der Waals surface area contributed by atoms with E-state index in [9.17, 15) is 9.59 Å². The highest BCUT2D eigenvalue weighted by Gasteiger charge is 2.15. The Balaban J connectivity index is 1.75. The van der Waals surface area contributed by atoms with E-state index in [0.29, 0.717) is 12.1 Å². The normalized spacial score (nSPS) is 11.1. The first-order valence-electron chi connectivity index (χ1n) is 8.42. The number of carbonyl (C=O) groups is 2. The van der Waals surface area contributed by atoms with Crippen molar-refractivity contribution >= 4 is 29.2 Å². The highest BCUT2D eigenvalue weighted by atomic mass is 32.1. The molecule has 5 nitrogen and oxygen atoms in total. The summed E-state index contributed by atoms with van der Waals surface area (Å²) in [5.41, 5.74) is 2.64. The summed E-state index contributed by atoms with van der Waals surface area (Å²) in [4.78, 5) is 30.1. The van der Waals surface area contributed by atoms with Crippen LogP contribution in [0.4, 0.5) is 0 Å². The molecule has 0 aliphatic heterocycles. The van der Waals surface area contributed by atoms with E-state index in [1.54, 1.807) is 30.6 Å². The lowest BCUT2D eigenvalue weighted by molar-refractivity contribution is -0.117. The van der Waals surface area contributed by atoms with Gasteiger partial charge in [-0.3, -0.25) is 14.6 Å². The van der Waals surface area contributed by atoms with Crippen LogP contribution in [0.5, 0.6) is 0 Å². The second-order valence-electron chi connectivity index (χ2n) is 5.94. The zero-order chi connectivity index (χ0) is 19.1. The second kappa shape index (κ2) is 8.91. The van der Waals surface area contributed by atoms with E-state index in [4.69, 9.17) is 0 Å². The first kappa shape index (κ1) is 18.5. The molecule has 2 aromatic heterocycles. The standard InChI is InChI=1S/C21H19N3O2S/c1-15-6-8-17(9-7-15)20(25)24-19(12-18-5-3-11-27-18)21(26)23-14-16-4-2-10-22-13-16/h2-13H,14H2,1H3,(H,23,26)(H,24,25)/b19-12-. The van der Waals surface area contributed by atoms with E-state index in [1.165, 1.54) is 11.3 Å². The predicted octanol–water partition coefficient (Wildman–Crippen LogP) is 3.54. The minimum atomic E-state index is -0.354. The molecule has 3 rings (SSSR count). The molecule has 6 heteroatoms. The summed E-state index contributed by atoms with van der Waals surface area (Å²) in [6, 6.07) is 14.7. The number of rotatable bonds is 6. The van der Waals surface area contributed by atoms with E-state index in [0.717, 1.165) is 16.0 Å². The number of thiophene rings is 1. The van der Waals surface area contributed by atoms with E-state index in [-0.39, 0.29) is 17.5 Å². The molecular weight excluding hydrogens is 358 g/mol. The maximum Gasteiger partial charge on any atom is 0.268 e. The van der Waals surface area contributed by atoms with Crippen LogP contribution in [0.15, 0.2) is 72.0 Å². The van der Waals surface area contributed by atoms with Gasteiger partial charge in [-0.1, -0.05) is 29.8 Å². The Bertz CT molecular complexity index is 933. The largest absolute Gasteiger partial charge is 0.347 e. The lowest BCUT2D eigenvalue weighted by atomic mass is 10.1. The third-order valence-electron chi connectivity index (χ3n) is 3.81. The monoisotopic (exact) mass is 377 g/mol. The number of hydrogen-bond donors (Lipinski definition) is 2. The van der Waals surface area contributed by atoms with Crippen LogP contribution in [-0.4, -0.2) is 16.8 Å². The van der Waals surface area contributed by atoms with E-state index in [2.05, 4.69) is 15.6 Å². The number of aryl methyl sites for hydroxylation is 1. The molecule has 0 saturated heterocycles. The average Bonchev–Trinajstić information content (AvgIpc) is 3.20. The summed E-state index contributed by atoms with van der Waals surface area (Å²) in [6.07, 6.45) is 5.04. The van der Waals surface area contributed by atoms with Crippen LogP contribution in [0, 0.1) is 6.92 Å². The topological polar surface area (TPSA) is 71.1 Å². The minimum absolute atomic E-state index is 0.201. The SMILES string of the molecule is Cc1ccc(C(=O)N/C(=C\c2cccs2)C(=O)NCc2cccnc2)cc1. The number of carbonyl (C=O) groups excluding carboxylic acids is 2. The maximum atomic E-state index is 12.7. The zero-order valence-corrected chi connectivity index (χ0v) is 15.6. The molecule has 0 aliphatic rings. The average molecular weight is 377 g/mol. The minimum Gasteiger partial charge on any atom is -0.347 e. The number of aromatic nitrogens is 1. The molecule has 0 spiro atoms. The van der Waals surface area contributed by atoms with Gasteiger partial charge in [-0.15, -0.1) is 11.3 Å². The van der Waals surface area contributed by atoms with Crippen LogP contribution < -0.4 is 10.6 Å². The zero-order valence-electron chi connectivity index (χ0n) is 14.8.